The molecule has 1 aromatic heterocycles. The summed E-state index contributed by atoms with van der Waals surface area (Å²) >= 11 is 1.38. The Hall–Kier alpha value is -3.00. The maximum atomic E-state index is 13.1. The Kier molecular flexibility index (Phi) is 9.26. The number of sulfonamides is 1. The van der Waals surface area contributed by atoms with Gasteiger partial charge >= 0.3 is 12.1 Å². The second-order valence-electron chi connectivity index (χ2n) is 9.12. The number of nitrogens with one attached hydrogen (secondary N) is 1. The van der Waals surface area contributed by atoms with Gasteiger partial charge in [-0.2, -0.15) is 4.31 Å². The van der Waals surface area contributed by atoms with Crippen LogP contribution < -0.4 is 5.32 Å². The van der Waals surface area contributed by atoms with Gasteiger partial charge in [0.05, 0.1) is 23.7 Å². The molecular weight excluding hydrogens is 544 g/mol. The smallest absolute Gasteiger partial charge is 0.409 e. The van der Waals surface area contributed by atoms with E-state index in [9.17, 15) is 22.8 Å². The number of carbonyl (C=O) groups is 3. The van der Waals surface area contributed by atoms with Crippen LogP contribution in [0.1, 0.15) is 51.9 Å². The summed E-state index contributed by atoms with van der Waals surface area (Å²) < 4.78 is 37.9. The zero-order valence-corrected chi connectivity index (χ0v) is 24.0. The lowest BCUT2D eigenvalue weighted by Gasteiger charge is -2.33. The number of benzene rings is 1. The first-order chi connectivity index (χ1) is 18.7. The van der Waals surface area contributed by atoms with Crippen molar-refractivity contribution in [1.29, 1.82) is 0 Å². The van der Waals surface area contributed by atoms with Crippen LogP contribution in [0, 0.1) is 0 Å². The number of amides is 2. The molecule has 0 aliphatic carbocycles. The maximum absolute atomic E-state index is 13.1. The molecule has 0 radical (unpaired) electrons. The summed E-state index contributed by atoms with van der Waals surface area (Å²) in [6, 6.07) is 5.69. The number of thiophene rings is 1. The topological polar surface area (TPSA) is 126 Å². The second-order valence-corrected chi connectivity index (χ2v) is 12.2. The molecule has 11 nitrogen and oxygen atoms in total. The van der Waals surface area contributed by atoms with Crippen LogP contribution in [0.2, 0.25) is 0 Å². The Balaban J connectivity index is 1.47. The van der Waals surface area contributed by atoms with Crippen molar-refractivity contribution in [3.63, 3.8) is 0 Å². The third-order valence-electron chi connectivity index (χ3n) is 6.81. The highest BCUT2D eigenvalue weighted by Crippen LogP contribution is 2.38. The summed E-state index contributed by atoms with van der Waals surface area (Å²) in [6.45, 7) is 9.23. The summed E-state index contributed by atoms with van der Waals surface area (Å²) in [6.07, 6.45) is 0.245. The maximum Gasteiger partial charge on any atom is 0.409 e. The SMILES string of the molecule is CCOC(=O)c1c(NC(=O)c2ccc(S(=O)(=O)N3CCN(C(=O)OCC)CC3)cc2)sc2c1CCN(CC)C2. The summed E-state index contributed by atoms with van der Waals surface area (Å²) in [5.74, 6) is -0.904. The van der Waals surface area contributed by atoms with E-state index in [2.05, 4.69) is 17.1 Å². The molecule has 0 unspecified atom stereocenters. The number of carbonyl (C=O) groups excluding carboxylic acids is 3. The zero-order valence-electron chi connectivity index (χ0n) is 22.4. The van der Waals surface area contributed by atoms with Crippen molar-refractivity contribution in [1.82, 2.24) is 14.1 Å². The van der Waals surface area contributed by atoms with Crippen LogP contribution in [0.4, 0.5) is 9.80 Å². The minimum absolute atomic E-state index is 0.0575. The average molecular weight is 579 g/mol. The van der Waals surface area contributed by atoms with E-state index in [1.807, 2.05) is 0 Å². The standard InChI is InChI=1S/C26H34N4O7S2/c1-4-28-12-11-20-21(17-28)38-24(22(20)25(32)36-5-2)27-23(31)18-7-9-19(10-8-18)39(34,35)30-15-13-29(14-16-30)26(33)37-6-3/h7-10H,4-6,11-17H2,1-3H3,(H,27,31). The molecule has 0 saturated carbocycles. The Morgan fingerprint density at radius 2 is 1.62 bits per heavy atom. The molecule has 2 aliphatic rings. The van der Waals surface area contributed by atoms with E-state index in [1.165, 1.54) is 44.8 Å². The lowest BCUT2D eigenvalue weighted by atomic mass is 10.0. The number of esters is 1. The quantitative estimate of drug-likeness (QED) is 0.474. The lowest BCUT2D eigenvalue weighted by Crippen LogP contribution is -2.50. The molecule has 39 heavy (non-hydrogen) atoms. The largest absolute Gasteiger partial charge is 0.462 e. The van der Waals surface area contributed by atoms with Crippen LogP contribution in [0.25, 0.3) is 0 Å². The number of nitrogens with zero attached hydrogens (tertiary/aromatic N) is 3. The summed E-state index contributed by atoms with van der Waals surface area (Å²) in [7, 11) is -3.80. The van der Waals surface area contributed by atoms with Gasteiger partial charge in [-0.25, -0.2) is 18.0 Å². The Labute approximate surface area is 232 Å². The van der Waals surface area contributed by atoms with Crippen molar-refractivity contribution in [3.05, 3.63) is 45.8 Å². The fraction of sp³-hybridized carbons (Fsp3) is 0.500. The van der Waals surface area contributed by atoms with Crippen LogP contribution in [-0.4, -0.2) is 93.0 Å². The molecule has 4 rings (SSSR count). The van der Waals surface area contributed by atoms with E-state index < -0.39 is 28.0 Å². The molecule has 0 spiro atoms. The van der Waals surface area contributed by atoms with Crippen LogP contribution in [0.5, 0.6) is 0 Å². The van der Waals surface area contributed by atoms with E-state index in [0.29, 0.717) is 23.5 Å². The van der Waals surface area contributed by atoms with Crippen LogP contribution in [0.15, 0.2) is 29.2 Å². The van der Waals surface area contributed by atoms with E-state index in [-0.39, 0.29) is 49.9 Å². The van der Waals surface area contributed by atoms with Gasteiger partial charge in [0.25, 0.3) is 5.91 Å². The summed E-state index contributed by atoms with van der Waals surface area (Å²) in [5.41, 5.74) is 1.59. The van der Waals surface area contributed by atoms with E-state index in [1.54, 1.807) is 13.8 Å². The van der Waals surface area contributed by atoms with Gasteiger partial charge < -0.3 is 19.7 Å². The van der Waals surface area contributed by atoms with Gasteiger partial charge in [-0.15, -0.1) is 11.3 Å². The first-order valence-electron chi connectivity index (χ1n) is 13.1. The molecule has 2 aliphatic heterocycles. The van der Waals surface area contributed by atoms with Gasteiger partial charge in [-0.3, -0.25) is 9.69 Å². The van der Waals surface area contributed by atoms with Crippen molar-refractivity contribution >= 4 is 44.3 Å². The minimum atomic E-state index is -3.80. The highest BCUT2D eigenvalue weighted by atomic mass is 32.2. The molecule has 1 saturated heterocycles. The monoisotopic (exact) mass is 578 g/mol. The van der Waals surface area contributed by atoms with Gasteiger partial charge in [-0.05, 0) is 56.6 Å². The first kappa shape index (κ1) is 29.0. The predicted octanol–water partition coefficient (Wildman–Crippen LogP) is 3.02. The zero-order chi connectivity index (χ0) is 28.2. The van der Waals surface area contributed by atoms with Crippen LogP contribution >= 0.6 is 11.3 Å². The van der Waals surface area contributed by atoms with Crippen molar-refractivity contribution in [2.75, 3.05) is 57.8 Å². The fourth-order valence-electron chi connectivity index (χ4n) is 4.66. The molecule has 1 fully saturated rings. The minimum Gasteiger partial charge on any atom is -0.462 e. The van der Waals surface area contributed by atoms with Crippen molar-refractivity contribution in [2.45, 2.75) is 38.6 Å². The highest BCUT2D eigenvalue weighted by Gasteiger charge is 2.32. The summed E-state index contributed by atoms with van der Waals surface area (Å²) in [5, 5.41) is 3.30. The number of anilines is 1. The van der Waals surface area contributed by atoms with Crippen molar-refractivity contribution in [2.24, 2.45) is 0 Å². The summed E-state index contributed by atoms with van der Waals surface area (Å²) in [4.78, 5) is 42.7. The van der Waals surface area contributed by atoms with Gasteiger partial charge in [0, 0.05) is 49.7 Å². The number of fused-ring (bicyclic) bond motifs is 1. The predicted molar refractivity (Wildman–Crippen MR) is 147 cm³/mol. The molecule has 0 bridgehead atoms. The van der Waals surface area contributed by atoms with Crippen LogP contribution in [0.3, 0.4) is 0 Å². The van der Waals surface area contributed by atoms with Crippen LogP contribution in [-0.2, 0) is 32.5 Å². The van der Waals surface area contributed by atoms with Crippen molar-refractivity contribution < 1.29 is 32.3 Å². The molecule has 0 atom stereocenters. The molecule has 13 heteroatoms. The third kappa shape index (κ3) is 6.26. The van der Waals surface area contributed by atoms with E-state index in [4.69, 9.17) is 9.47 Å². The Bertz CT molecular complexity index is 1320. The molecule has 1 aromatic carbocycles. The average Bonchev–Trinajstić information content (AvgIpc) is 3.30. The van der Waals surface area contributed by atoms with Gasteiger partial charge in [0.2, 0.25) is 10.0 Å². The lowest BCUT2D eigenvalue weighted by molar-refractivity contribution is 0.0526. The number of ether oxygens (including phenoxy) is 2. The molecule has 2 amide bonds. The molecule has 212 valence electrons. The fourth-order valence-corrected chi connectivity index (χ4v) is 7.36. The first-order valence-corrected chi connectivity index (χ1v) is 15.3. The van der Waals surface area contributed by atoms with Gasteiger partial charge in [0.1, 0.15) is 5.00 Å². The molecule has 2 aromatic rings. The van der Waals surface area contributed by atoms with Crippen molar-refractivity contribution in [3.8, 4) is 0 Å². The molecular formula is C26H34N4O7S2. The molecule has 3 heterocycles. The Morgan fingerprint density at radius 3 is 2.23 bits per heavy atom. The van der Waals surface area contributed by atoms with Gasteiger partial charge in [0.15, 0.2) is 0 Å². The van der Waals surface area contributed by atoms with Gasteiger partial charge in [-0.1, -0.05) is 6.92 Å². The third-order valence-corrected chi connectivity index (χ3v) is 9.85. The molecule has 1 N–H and O–H groups in total. The van der Waals surface area contributed by atoms with E-state index >= 15 is 0 Å². The second kappa shape index (κ2) is 12.5. The number of likely N-dealkylation sites (N-methyl/N-ethyl adjacent to an activating group) is 1. The number of hydrogen-bond donors (Lipinski definition) is 1. The normalized spacial score (nSPS) is 16.4. The number of rotatable bonds is 8. The van der Waals surface area contributed by atoms with E-state index in [0.717, 1.165) is 23.5 Å². The Morgan fingerprint density at radius 1 is 0.949 bits per heavy atom. The number of piperazine rings is 1. The highest BCUT2D eigenvalue weighted by molar-refractivity contribution is 7.89. The number of hydrogen-bond acceptors (Lipinski definition) is 9.